The van der Waals surface area contributed by atoms with Crippen LogP contribution >= 0.6 is 11.6 Å². The van der Waals surface area contributed by atoms with Gasteiger partial charge < -0.3 is 18.9 Å². The Hall–Kier alpha value is -2.05. The summed E-state index contributed by atoms with van der Waals surface area (Å²) in [5.41, 5.74) is 2.11. The van der Waals surface area contributed by atoms with E-state index in [0.717, 1.165) is 25.0 Å². The maximum atomic E-state index is 12.6. The Balaban J connectivity index is 1.43. The molecule has 0 saturated carbocycles. The number of hydrogen-bond acceptors (Lipinski definition) is 5. The number of amides is 1. The molecule has 0 bridgehead atoms. The van der Waals surface area contributed by atoms with E-state index in [0.29, 0.717) is 43.5 Å². The lowest BCUT2D eigenvalue weighted by atomic mass is 9.78. The smallest absolute Gasteiger partial charge is 0.223 e. The summed E-state index contributed by atoms with van der Waals surface area (Å²) in [5, 5.41) is 3.96. The first kappa shape index (κ1) is 18.3. The van der Waals surface area contributed by atoms with Gasteiger partial charge in [0.1, 0.15) is 17.1 Å². The van der Waals surface area contributed by atoms with Crippen molar-refractivity contribution in [3.05, 3.63) is 46.3 Å². The van der Waals surface area contributed by atoms with E-state index < -0.39 is 0 Å². The maximum absolute atomic E-state index is 12.6. The second kappa shape index (κ2) is 7.52. The van der Waals surface area contributed by atoms with Crippen molar-refractivity contribution in [1.29, 1.82) is 0 Å². The Bertz CT molecular complexity index is 813. The lowest BCUT2D eigenvalue weighted by Gasteiger charge is -2.45. The summed E-state index contributed by atoms with van der Waals surface area (Å²) in [4.78, 5) is 14.5. The standard InChI is InChI=1S/C20H23ClN2O4/c1-25-16-4-2-3-14-7-12-26-20(19(14)16)8-10-23(11-9-20)18(24)6-5-15-13-17(21)22-27-15/h2-4,13H,5-12H2,1H3. The number of aryl methyl sites for hydroxylation is 1. The quantitative estimate of drug-likeness (QED) is 0.800. The van der Waals surface area contributed by atoms with Gasteiger partial charge in [0.2, 0.25) is 5.91 Å². The predicted octanol–water partition coefficient (Wildman–Crippen LogP) is 3.36. The first-order valence-electron chi connectivity index (χ1n) is 9.30. The van der Waals surface area contributed by atoms with E-state index in [9.17, 15) is 4.79 Å². The van der Waals surface area contributed by atoms with E-state index in [4.69, 9.17) is 25.6 Å². The molecule has 0 unspecified atom stereocenters. The normalized spacial score (nSPS) is 18.4. The minimum Gasteiger partial charge on any atom is -0.496 e. The molecule has 0 aliphatic carbocycles. The molecule has 1 aromatic carbocycles. The third-order valence-corrected chi connectivity index (χ3v) is 5.76. The van der Waals surface area contributed by atoms with Crippen molar-refractivity contribution in [2.24, 2.45) is 0 Å². The number of likely N-dealkylation sites (tertiary alicyclic amines) is 1. The Labute approximate surface area is 163 Å². The Morgan fingerprint density at radius 2 is 2.19 bits per heavy atom. The van der Waals surface area contributed by atoms with Crippen molar-refractivity contribution in [3.8, 4) is 5.75 Å². The summed E-state index contributed by atoms with van der Waals surface area (Å²) >= 11 is 5.75. The van der Waals surface area contributed by atoms with E-state index in [1.165, 1.54) is 11.1 Å². The molecule has 0 atom stereocenters. The minimum atomic E-state index is -0.352. The van der Waals surface area contributed by atoms with Gasteiger partial charge in [-0.05, 0) is 30.9 Å². The number of piperidine rings is 1. The highest BCUT2D eigenvalue weighted by atomic mass is 35.5. The largest absolute Gasteiger partial charge is 0.496 e. The van der Waals surface area contributed by atoms with Crippen LogP contribution in [0.4, 0.5) is 0 Å². The summed E-state index contributed by atoms with van der Waals surface area (Å²) in [5.74, 6) is 1.64. The van der Waals surface area contributed by atoms with Crippen LogP contribution in [-0.2, 0) is 28.0 Å². The molecule has 1 aromatic heterocycles. The number of benzene rings is 1. The van der Waals surface area contributed by atoms with Crippen LogP contribution in [0.2, 0.25) is 5.15 Å². The molecule has 1 saturated heterocycles. The van der Waals surface area contributed by atoms with Gasteiger partial charge in [0, 0.05) is 37.6 Å². The lowest BCUT2D eigenvalue weighted by molar-refractivity contribution is -0.140. The number of methoxy groups -OCH3 is 1. The van der Waals surface area contributed by atoms with Gasteiger partial charge in [-0.3, -0.25) is 4.79 Å². The van der Waals surface area contributed by atoms with Crippen molar-refractivity contribution in [2.45, 2.75) is 37.7 Å². The molecule has 0 radical (unpaired) electrons. The zero-order chi connectivity index (χ0) is 18.9. The highest BCUT2D eigenvalue weighted by Gasteiger charge is 2.43. The molecule has 6 nitrogen and oxygen atoms in total. The molecule has 7 heteroatoms. The van der Waals surface area contributed by atoms with Gasteiger partial charge in [-0.15, -0.1) is 0 Å². The average molecular weight is 391 g/mol. The van der Waals surface area contributed by atoms with Crippen molar-refractivity contribution < 1.29 is 18.8 Å². The predicted molar refractivity (Wildman–Crippen MR) is 100.0 cm³/mol. The van der Waals surface area contributed by atoms with Gasteiger partial charge in [0.05, 0.1) is 13.7 Å². The molecule has 3 heterocycles. The molecule has 2 aliphatic rings. The third kappa shape index (κ3) is 3.56. The van der Waals surface area contributed by atoms with Crippen LogP contribution in [0.3, 0.4) is 0 Å². The highest BCUT2D eigenvalue weighted by Crippen LogP contribution is 2.45. The van der Waals surface area contributed by atoms with Crippen molar-refractivity contribution >= 4 is 17.5 Å². The van der Waals surface area contributed by atoms with Crippen LogP contribution in [0.25, 0.3) is 0 Å². The third-order valence-electron chi connectivity index (χ3n) is 5.58. The van der Waals surface area contributed by atoms with Crippen molar-refractivity contribution in [2.75, 3.05) is 26.8 Å². The second-order valence-electron chi connectivity index (χ2n) is 7.08. The van der Waals surface area contributed by atoms with Crippen LogP contribution in [0.15, 0.2) is 28.8 Å². The van der Waals surface area contributed by atoms with Crippen LogP contribution in [0.5, 0.6) is 5.75 Å². The number of rotatable bonds is 4. The monoisotopic (exact) mass is 390 g/mol. The van der Waals surface area contributed by atoms with E-state index in [2.05, 4.69) is 11.2 Å². The number of halogens is 1. The van der Waals surface area contributed by atoms with Gasteiger partial charge >= 0.3 is 0 Å². The fourth-order valence-corrected chi connectivity index (χ4v) is 4.36. The lowest BCUT2D eigenvalue weighted by Crippen LogP contribution is -2.48. The topological polar surface area (TPSA) is 64.8 Å². The molecule has 2 aliphatic heterocycles. The fourth-order valence-electron chi connectivity index (χ4n) is 4.21. The zero-order valence-electron chi connectivity index (χ0n) is 15.4. The molecule has 1 spiro atoms. The number of ether oxygens (including phenoxy) is 2. The first-order chi connectivity index (χ1) is 13.1. The Kier molecular flexibility index (Phi) is 5.10. The summed E-state index contributed by atoms with van der Waals surface area (Å²) in [6.45, 7) is 2.06. The van der Waals surface area contributed by atoms with Crippen molar-refractivity contribution in [1.82, 2.24) is 10.1 Å². The minimum absolute atomic E-state index is 0.119. The van der Waals surface area contributed by atoms with Crippen LogP contribution in [0.1, 0.15) is 36.1 Å². The van der Waals surface area contributed by atoms with Crippen LogP contribution < -0.4 is 4.74 Å². The van der Waals surface area contributed by atoms with Gasteiger partial charge in [-0.2, -0.15) is 0 Å². The van der Waals surface area contributed by atoms with Crippen molar-refractivity contribution in [3.63, 3.8) is 0 Å². The van der Waals surface area contributed by atoms with E-state index in [1.54, 1.807) is 13.2 Å². The fraction of sp³-hybridized carbons (Fsp3) is 0.500. The summed E-state index contributed by atoms with van der Waals surface area (Å²) in [6.07, 6.45) is 3.35. The molecule has 4 rings (SSSR count). The number of nitrogens with zero attached hydrogens (tertiary/aromatic N) is 2. The summed E-state index contributed by atoms with van der Waals surface area (Å²) in [7, 11) is 1.70. The number of fused-ring (bicyclic) bond motifs is 2. The maximum Gasteiger partial charge on any atom is 0.223 e. The zero-order valence-corrected chi connectivity index (χ0v) is 16.1. The number of carbonyl (C=O) groups is 1. The van der Waals surface area contributed by atoms with E-state index in [1.807, 2.05) is 17.0 Å². The molecular weight excluding hydrogens is 368 g/mol. The summed E-state index contributed by atoms with van der Waals surface area (Å²) < 4.78 is 17.0. The molecular formula is C20H23ClN2O4. The van der Waals surface area contributed by atoms with E-state index in [-0.39, 0.29) is 11.5 Å². The van der Waals surface area contributed by atoms with Gasteiger partial charge in [0.25, 0.3) is 0 Å². The van der Waals surface area contributed by atoms with E-state index >= 15 is 0 Å². The molecule has 1 amide bonds. The Morgan fingerprint density at radius 3 is 2.89 bits per heavy atom. The molecule has 0 N–H and O–H groups in total. The Morgan fingerprint density at radius 1 is 1.37 bits per heavy atom. The number of aromatic nitrogens is 1. The van der Waals surface area contributed by atoms with Gasteiger partial charge in [0.15, 0.2) is 5.15 Å². The molecule has 144 valence electrons. The first-order valence-corrected chi connectivity index (χ1v) is 9.68. The van der Waals surface area contributed by atoms with Gasteiger partial charge in [-0.1, -0.05) is 28.9 Å². The molecule has 27 heavy (non-hydrogen) atoms. The highest BCUT2D eigenvalue weighted by molar-refractivity contribution is 6.29. The summed E-state index contributed by atoms with van der Waals surface area (Å²) in [6, 6.07) is 7.84. The number of carbonyl (C=O) groups excluding carboxylic acids is 1. The second-order valence-corrected chi connectivity index (χ2v) is 7.47. The number of hydrogen-bond donors (Lipinski definition) is 0. The average Bonchev–Trinajstić information content (AvgIpc) is 3.12. The SMILES string of the molecule is COc1cccc2c1C1(CCN(C(=O)CCc3cc(Cl)no3)CC1)OCC2. The van der Waals surface area contributed by atoms with Gasteiger partial charge in [-0.25, -0.2) is 0 Å². The molecule has 2 aromatic rings. The molecule has 1 fully saturated rings. The van der Waals surface area contributed by atoms with Crippen LogP contribution in [0, 0.1) is 0 Å². The van der Waals surface area contributed by atoms with Crippen LogP contribution in [-0.4, -0.2) is 42.8 Å².